The quantitative estimate of drug-likeness (QED) is 0.177. The Hall–Kier alpha value is -3.22. The van der Waals surface area contributed by atoms with Crippen LogP contribution in [0.1, 0.15) is 51.2 Å². The minimum absolute atomic E-state index is 0.203. The molecule has 212 valence electrons. The molecule has 0 spiro atoms. The average molecular weight is 558 g/mol. The number of likely N-dealkylation sites (tertiary alicyclic amines) is 1. The van der Waals surface area contributed by atoms with Crippen LogP contribution in [0.3, 0.4) is 0 Å². The molecule has 0 saturated carbocycles. The Balaban J connectivity index is 1.34. The van der Waals surface area contributed by atoms with E-state index >= 15 is 0 Å². The minimum Gasteiger partial charge on any atom is -0.544 e. The average Bonchev–Trinajstić information content (AvgIpc) is 3.34. The van der Waals surface area contributed by atoms with E-state index in [9.17, 15) is 5.11 Å². The number of benzene rings is 3. The van der Waals surface area contributed by atoms with Gasteiger partial charge in [-0.15, -0.1) is 0 Å². The van der Waals surface area contributed by atoms with Crippen LogP contribution in [0.2, 0.25) is 18.1 Å². The molecule has 0 amide bonds. The number of hydrogen-bond acceptors (Lipinski definition) is 5. The highest BCUT2D eigenvalue weighted by molar-refractivity contribution is 6.74. The van der Waals surface area contributed by atoms with Gasteiger partial charge < -0.3 is 18.7 Å². The summed E-state index contributed by atoms with van der Waals surface area (Å²) in [6.45, 7) is 10.8. The molecule has 1 N–H and O–H groups in total. The lowest BCUT2D eigenvalue weighted by molar-refractivity contribution is 0.183. The number of aromatic hydroxyl groups is 1. The normalized spacial score (nSPS) is 14.5. The molecule has 40 heavy (non-hydrogen) atoms. The number of fused-ring (bicyclic) bond motifs is 1. The Kier molecular flexibility index (Phi) is 9.17. The first-order valence-electron chi connectivity index (χ1n) is 15.0. The first-order chi connectivity index (χ1) is 19.5. The minimum atomic E-state index is -1.74. The predicted octanol–water partition coefficient (Wildman–Crippen LogP) is 8.64. The monoisotopic (exact) mass is 557 g/mol. The number of furan rings is 1. The largest absolute Gasteiger partial charge is 0.544 e. The summed E-state index contributed by atoms with van der Waals surface area (Å²) in [6, 6.07) is 25.5. The predicted molar refractivity (Wildman–Crippen MR) is 166 cm³/mol. The van der Waals surface area contributed by atoms with Crippen LogP contribution in [0.4, 0.5) is 0 Å². The van der Waals surface area contributed by atoms with Gasteiger partial charge in [-0.2, -0.15) is 0 Å². The number of ether oxygens (including phenoxy) is 1. The van der Waals surface area contributed by atoms with Crippen LogP contribution in [0.25, 0.3) is 22.3 Å². The molecule has 1 saturated heterocycles. The van der Waals surface area contributed by atoms with Gasteiger partial charge in [0.2, 0.25) is 8.32 Å². The zero-order valence-corrected chi connectivity index (χ0v) is 25.2. The van der Waals surface area contributed by atoms with Gasteiger partial charge in [-0.25, -0.2) is 0 Å². The van der Waals surface area contributed by atoms with E-state index in [1.165, 1.54) is 37.9 Å². The molecule has 0 aliphatic carbocycles. The van der Waals surface area contributed by atoms with E-state index in [1.807, 2.05) is 6.07 Å². The smallest absolute Gasteiger partial charge is 0.250 e. The van der Waals surface area contributed by atoms with Crippen molar-refractivity contribution in [2.75, 3.05) is 26.2 Å². The van der Waals surface area contributed by atoms with Crippen LogP contribution >= 0.6 is 0 Å². The highest BCUT2D eigenvalue weighted by Gasteiger charge is 2.30. The molecule has 1 aromatic heterocycles. The number of phenols is 1. The van der Waals surface area contributed by atoms with E-state index in [1.54, 1.807) is 12.1 Å². The third-order valence-corrected chi connectivity index (χ3v) is 13.1. The molecule has 0 radical (unpaired) electrons. The Morgan fingerprint density at radius 2 is 1.50 bits per heavy atom. The molecule has 1 aliphatic rings. The zero-order valence-electron chi connectivity index (χ0n) is 24.2. The molecule has 1 aliphatic heterocycles. The summed E-state index contributed by atoms with van der Waals surface area (Å²) in [6.07, 6.45) is 4.68. The second-order valence-electron chi connectivity index (χ2n) is 11.0. The number of nitrogens with zero attached hydrogens (tertiary/aromatic N) is 1. The van der Waals surface area contributed by atoms with E-state index in [4.69, 9.17) is 13.6 Å². The van der Waals surface area contributed by atoms with Gasteiger partial charge in [0.15, 0.2) is 0 Å². The molecular formula is C34H43NO4Si. The first kappa shape index (κ1) is 28.3. The van der Waals surface area contributed by atoms with Crippen LogP contribution in [0.15, 0.2) is 71.1 Å². The maximum atomic E-state index is 10.1. The molecule has 0 bridgehead atoms. The number of hydrogen-bond donors (Lipinski definition) is 1. The summed E-state index contributed by atoms with van der Waals surface area (Å²) in [4.78, 5) is 2.50. The summed E-state index contributed by atoms with van der Waals surface area (Å²) in [5.41, 5.74) is 4.00. The lowest BCUT2D eigenvalue weighted by Gasteiger charge is -2.29. The lowest BCUT2D eigenvalue weighted by Crippen LogP contribution is -2.39. The van der Waals surface area contributed by atoms with Crippen molar-refractivity contribution in [2.45, 2.75) is 64.6 Å². The molecule has 5 rings (SSSR count). The molecule has 0 atom stereocenters. The Bertz CT molecular complexity index is 1360. The van der Waals surface area contributed by atoms with Gasteiger partial charge in [-0.3, -0.25) is 4.90 Å². The van der Waals surface area contributed by atoms with Gasteiger partial charge in [0.25, 0.3) is 0 Å². The molecule has 3 aromatic carbocycles. The van der Waals surface area contributed by atoms with Gasteiger partial charge in [-0.1, -0.05) is 39.3 Å². The molecule has 4 aromatic rings. The Labute approximate surface area is 239 Å². The number of phenolic OH excluding ortho intramolecular Hbond substituents is 1. The van der Waals surface area contributed by atoms with Gasteiger partial charge in [-0.05, 0) is 98.2 Å². The van der Waals surface area contributed by atoms with Gasteiger partial charge in [0.05, 0.1) is 0 Å². The van der Waals surface area contributed by atoms with Crippen molar-refractivity contribution in [3.63, 3.8) is 0 Å². The molecule has 1 fully saturated rings. The van der Waals surface area contributed by atoms with Crippen LogP contribution in [0, 0.1) is 0 Å². The summed E-state index contributed by atoms with van der Waals surface area (Å²) < 4.78 is 19.0. The maximum absolute atomic E-state index is 10.1. The summed E-state index contributed by atoms with van der Waals surface area (Å²) in [5, 5.41) is 11.1. The second kappa shape index (κ2) is 13.0. The van der Waals surface area contributed by atoms with Crippen molar-refractivity contribution in [2.24, 2.45) is 0 Å². The highest BCUT2D eigenvalue weighted by Crippen LogP contribution is 2.38. The molecular weight excluding hydrogens is 514 g/mol. The molecule has 5 nitrogen and oxygen atoms in total. The molecule has 6 heteroatoms. The Morgan fingerprint density at radius 3 is 2.17 bits per heavy atom. The van der Waals surface area contributed by atoms with E-state index in [-0.39, 0.29) is 5.75 Å². The summed E-state index contributed by atoms with van der Waals surface area (Å²) in [7, 11) is -1.74. The SMILES string of the molecule is CC[Si](CC)(CC)Oc1ccc(-c2oc3cc(O)ccc3c2Cc2ccc(OCCN3CCCCC3)cc2)cc1. The number of rotatable bonds is 12. The van der Waals surface area contributed by atoms with Crippen LogP contribution in [-0.2, 0) is 6.42 Å². The maximum Gasteiger partial charge on any atom is 0.250 e. The number of piperidine rings is 1. The van der Waals surface area contributed by atoms with Gasteiger partial charge in [0, 0.05) is 35.5 Å². The highest BCUT2D eigenvalue weighted by atomic mass is 28.4. The van der Waals surface area contributed by atoms with Crippen LogP contribution < -0.4 is 9.16 Å². The van der Waals surface area contributed by atoms with Crippen LogP contribution in [0.5, 0.6) is 17.2 Å². The lowest BCUT2D eigenvalue weighted by atomic mass is 9.98. The second-order valence-corrected chi connectivity index (χ2v) is 15.7. The third-order valence-electron chi connectivity index (χ3n) is 8.59. The fourth-order valence-electron chi connectivity index (χ4n) is 5.82. The molecule has 0 unspecified atom stereocenters. The van der Waals surface area contributed by atoms with E-state index in [0.29, 0.717) is 5.58 Å². The van der Waals surface area contributed by atoms with Gasteiger partial charge >= 0.3 is 0 Å². The van der Waals surface area contributed by atoms with Gasteiger partial charge in [0.1, 0.15) is 35.2 Å². The van der Waals surface area contributed by atoms with Crippen molar-refractivity contribution >= 4 is 19.3 Å². The standard InChI is InChI=1S/C34H43NO4Si/c1-4-40(5-2,6-3)39-30-17-12-27(13-18-30)34-32(31-19-14-28(36)25-33(31)38-34)24-26-10-15-29(16-11-26)37-23-22-35-20-8-7-9-21-35/h10-19,25,36H,4-9,20-24H2,1-3H3. The summed E-state index contributed by atoms with van der Waals surface area (Å²) >= 11 is 0. The fraction of sp³-hybridized carbons (Fsp3) is 0.412. The molecule has 2 heterocycles. The van der Waals surface area contributed by atoms with Crippen molar-refractivity contribution in [1.29, 1.82) is 0 Å². The zero-order chi connectivity index (χ0) is 28.0. The van der Waals surface area contributed by atoms with E-state index < -0.39 is 8.32 Å². The van der Waals surface area contributed by atoms with E-state index in [2.05, 4.69) is 74.2 Å². The third kappa shape index (κ3) is 6.56. The van der Waals surface area contributed by atoms with Crippen molar-refractivity contribution < 1.29 is 18.7 Å². The van der Waals surface area contributed by atoms with Crippen molar-refractivity contribution in [3.8, 4) is 28.6 Å². The van der Waals surface area contributed by atoms with Crippen LogP contribution in [-0.4, -0.2) is 44.6 Å². The summed E-state index contributed by atoms with van der Waals surface area (Å²) in [5.74, 6) is 2.88. The van der Waals surface area contributed by atoms with Crippen molar-refractivity contribution in [1.82, 2.24) is 4.90 Å². The topological polar surface area (TPSA) is 55.1 Å². The fourth-order valence-corrected chi connectivity index (χ4v) is 8.39. The van der Waals surface area contributed by atoms with Crippen molar-refractivity contribution in [3.05, 3.63) is 77.9 Å². The Morgan fingerprint density at radius 1 is 0.825 bits per heavy atom. The first-order valence-corrected chi connectivity index (χ1v) is 17.5. The van der Waals surface area contributed by atoms with E-state index in [0.717, 1.165) is 71.5 Å².